The Kier molecular flexibility index (Phi) is 3.41. The minimum absolute atomic E-state index is 0.558. The number of thiophene rings is 1. The standard InChI is InChI=1S/C14H20N4S/c1-9-10(2)19-14-12(9)13(16-8-17-14)18-6-4-5-11(18)7-15-3/h8,11,15H,4-7H2,1-3H3. The highest BCUT2D eigenvalue weighted by Gasteiger charge is 2.27. The monoisotopic (exact) mass is 276 g/mol. The third-order valence-corrected chi connectivity index (χ3v) is 5.15. The Bertz CT molecular complexity index is 592. The third-order valence-electron chi connectivity index (χ3n) is 4.03. The quantitative estimate of drug-likeness (QED) is 0.935. The maximum atomic E-state index is 4.59. The smallest absolute Gasteiger partial charge is 0.141 e. The Labute approximate surface area is 117 Å². The van der Waals surface area contributed by atoms with Crippen LogP contribution in [0.5, 0.6) is 0 Å². The molecule has 1 saturated heterocycles. The Morgan fingerprint density at radius 3 is 3.05 bits per heavy atom. The van der Waals surface area contributed by atoms with Crippen LogP contribution in [0.15, 0.2) is 6.33 Å². The van der Waals surface area contributed by atoms with E-state index in [2.05, 4.69) is 34.0 Å². The van der Waals surface area contributed by atoms with Crippen molar-refractivity contribution in [2.45, 2.75) is 32.7 Å². The Morgan fingerprint density at radius 2 is 2.26 bits per heavy atom. The van der Waals surface area contributed by atoms with Gasteiger partial charge in [-0.25, -0.2) is 9.97 Å². The van der Waals surface area contributed by atoms with Crippen molar-refractivity contribution < 1.29 is 0 Å². The van der Waals surface area contributed by atoms with E-state index in [1.165, 1.54) is 28.7 Å². The van der Waals surface area contributed by atoms with E-state index in [-0.39, 0.29) is 0 Å². The zero-order valence-corrected chi connectivity index (χ0v) is 12.5. The number of likely N-dealkylation sites (N-methyl/N-ethyl adjacent to an activating group) is 1. The van der Waals surface area contributed by atoms with Crippen LogP contribution >= 0.6 is 11.3 Å². The summed E-state index contributed by atoms with van der Waals surface area (Å²) in [5.74, 6) is 1.13. The van der Waals surface area contributed by atoms with Crippen molar-refractivity contribution >= 4 is 27.4 Å². The molecule has 3 rings (SSSR count). The van der Waals surface area contributed by atoms with Crippen LogP contribution in [-0.4, -0.2) is 36.1 Å². The number of aryl methyl sites for hydroxylation is 2. The first-order chi connectivity index (χ1) is 9.22. The van der Waals surface area contributed by atoms with E-state index in [1.807, 2.05) is 7.05 Å². The number of rotatable bonds is 3. The van der Waals surface area contributed by atoms with E-state index in [0.717, 1.165) is 23.7 Å². The molecule has 1 unspecified atom stereocenters. The number of hydrogen-bond donors (Lipinski definition) is 1. The lowest BCUT2D eigenvalue weighted by molar-refractivity contribution is 0.612. The number of anilines is 1. The van der Waals surface area contributed by atoms with Crippen LogP contribution in [0, 0.1) is 13.8 Å². The van der Waals surface area contributed by atoms with Crippen LogP contribution in [0.1, 0.15) is 23.3 Å². The van der Waals surface area contributed by atoms with Crippen molar-refractivity contribution in [3.05, 3.63) is 16.8 Å². The van der Waals surface area contributed by atoms with Crippen LogP contribution in [0.4, 0.5) is 5.82 Å². The molecule has 0 amide bonds. The van der Waals surface area contributed by atoms with Crippen molar-refractivity contribution in [2.24, 2.45) is 0 Å². The molecule has 2 aromatic rings. The lowest BCUT2D eigenvalue weighted by Crippen LogP contribution is -2.37. The van der Waals surface area contributed by atoms with Crippen LogP contribution < -0.4 is 10.2 Å². The summed E-state index contributed by atoms with van der Waals surface area (Å²) in [6, 6.07) is 0.558. The fourth-order valence-electron chi connectivity index (χ4n) is 2.94. The van der Waals surface area contributed by atoms with Gasteiger partial charge < -0.3 is 10.2 Å². The molecule has 0 spiro atoms. The van der Waals surface area contributed by atoms with E-state index < -0.39 is 0 Å². The molecule has 0 saturated carbocycles. The molecule has 0 aliphatic carbocycles. The first-order valence-corrected chi connectivity index (χ1v) is 7.66. The van der Waals surface area contributed by atoms with Crippen LogP contribution in [0.25, 0.3) is 10.2 Å². The van der Waals surface area contributed by atoms with Gasteiger partial charge in [0.25, 0.3) is 0 Å². The zero-order chi connectivity index (χ0) is 13.4. The molecule has 1 atom stereocenters. The van der Waals surface area contributed by atoms with Gasteiger partial charge >= 0.3 is 0 Å². The van der Waals surface area contributed by atoms with Gasteiger partial charge in [0.2, 0.25) is 0 Å². The van der Waals surface area contributed by atoms with Gasteiger partial charge in [0, 0.05) is 24.0 Å². The van der Waals surface area contributed by atoms with Crippen molar-refractivity contribution in [3.8, 4) is 0 Å². The number of hydrogen-bond acceptors (Lipinski definition) is 5. The molecular weight excluding hydrogens is 256 g/mol. The van der Waals surface area contributed by atoms with Crippen LogP contribution in [-0.2, 0) is 0 Å². The summed E-state index contributed by atoms with van der Waals surface area (Å²) in [6.07, 6.45) is 4.20. The predicted octanol–water partition coefficient (Wildman–Crippen LogP) is 2.50. The molecule has 3 heterocycles. The fraction of sp³-hybridized carbons (Fsp3) is 0.571. The van der Waals surface area contributed by atoms with Gasteiger partial charge in [-0.05, 0) is 39.3 Å². The van der Waals surface area contributed by atoms with E-state index in [1.54, 1.807) is 17.7 Å². The van der Waals surface area contributed by atoms with Gasteiger partial charge in [-0.1, -0.05) is 0 Å². The molecule has 5 heteroatoms. The highest BCUT2D eigenvalue weighted by molar-refractivity contribution is 7.18. The molecule has 0 bridgehead atoms. The minimum Gasteiger partial charge on any atom is -0.352 e. The lowest BCUT2D eigenvalue weighted by Gasteiger charge is -2.26. The second-order valence-corrected chi connectivity index (χ2v) is 6.41. The molecule has 1 N–H and O–H groups in total. The van der Waals surface area contributed by atoms with Crippen molar-refractivity contribution in [1.82, 2.24) is 15.3 Å². The lowest BCUT2D eigenvalue weighted by atomic mass is 10.2. The highest BCUT2D eigenvalue weighted by atomic mass is 32.1. The van der Waals surface area contributed by atoms with Crippen LogP contribution in [0.3, 0.4) is 0 Å². The summed E-state index contributed by atoms with van der Waals surface area (Å²) in [7, 11) is 2.02. The summed E-state index contributed by atoms with van der Waals surface area (Å²) < 4.78 is 0. The Morgan fingerprint density at radius 1 is 1.42 bits per heavy atom. The average molecular weight is 276 g/mol. The van der Waals surface area contributed by atoms with E-state index >= 15 is 0 Å². The zero-order valence-electron chi connectivity index (χ0n) is 11.7. The van der Waals surface area contributed by atoms with Crippen molar-refractivity contribution in [2.75, 3.05) is 25.0 Å². The maximum Gasteiger partial charge on any atom is 0.141 e. The molecule has 2 aromatic heterocycles. The summed E-state index contributed by atoms with van der Waals surface area (Å²) in [5, 5.41) is 4.55. The molecular formula is C14H20N4S. The second-order valence-electron chi connectivity index (χ2n) is 5.21. The van der Waals surface area contributed by atoms with Gasteiger partial charge in [-0.2, -0.15) is 0 Å². The number of nitrogens with one attached hydrogen (secondary N) is 1. The minimum atomic E-state index is 0.558. The SMILES string of the molecule is CNCC1CCCN1c1ncnc2sc(C)c(C)c12. The molecule has 1 fully saturated rings. The summed E-state index contributed by atoms with van der Waals surface area (Å²) >= 11 is 1.77. The van der Waals surface area contributed by atoms with Gasteiger partial charge in [-0.15, -0.1) is 11.3 Å². The molecule has 0 aromatic carbocycles. The summed E-state index contributed by atoms with van der Waals surface area (Å²) in [5.41, 5.74) is 1.34. The molecule has 4 nitrogen and oxygen atoms in total. The third kappa shape index (κ3) is 2.11. The van der Waals surface area contributed by atoms with Gasteiger partial charge in [-0.3, -0.25) is 0 Å². The Hall–Kier alpha value is -1.20. The Balaban J connectivity index is 2.09. The maximum absolute atomic E-state index is 4.59. The largest absolute Gasteiger partial charge is 0.352 e. The molecule has 1 aliphatic heterocycles. The second kappa shape index (κ2) is 5.06. The number of fused-ring (bicyclic) bond motifs is 1. The van der Waals surface area contributed by atoms with Crippen molar-refractivity contribution in [3.63, 3.8) is 0 Å². The highest BCUT2D eigenvalue weighted by Crippen LogP contribution is 2.36. The number of aromatic nitrogens is 2. The van der Waals surface area contributed by atoms with Gasteiger partial charge in [0.1, 0.15) is 17.0 Å². The van der Waals surface area contributed by atoms with Gasteiger partial charge in [0.15, 0.2) is 0 Å². The topological polar surface area (TPSA) is 41.0 Å². The average Bonchev–Trinajstić information content (AvgIpc) is 2.96. The predicted molar refractivity (Wildman–Crippen MR) is 81.2 cm³/mol. The first kappa shape index (κ1) is 12.8. The molecule has 0 radical (unpaired) electrons. The fourth-order valence-corrected chi connectivity index (χ4v) is 3.94. The molecule has 1 aliphatic rings. The normalized spacial score (nSPS) is 19.5. The summed E-state index contributed by atoms with van der Waals surface area (Å²) in [6.45, 7) is 6.48. The first-order valence-electron chi connectivity index (χ1n) is 6.84. The molecule has 19 heavy (non-hydrogen) atoms. The summed E-state index contributed by atoms with van der Waals surface area (Å²) in [4.78, 5) is 13.9. The van der Waals surface area contributed by atoms with E-state index in [4.69, 9.17) is 0 Å². The van der Waals surface area contributed by atoms with Crippen molar-refractivity contribution in [1.29, 1.82) is 0 Å². The van der Waals surface area contributed by atoms with Crippen LogP contribution in [0.2, 0.25) is 0 Å². The van der Waals surface area contributed by atoms with E-state index in [9.17, 15) is 0 Å². The van der Waals surface area contributed by atoms with Gasteiger partial charge in [0.05, 0.1) is 5.39 Å². The molecule has 102 valence electrons. The van der Waals surface area contributed by atoms with E-state index in [0.29, 0.717) is 6.04 Å². The number of nitrogens with zero attached hydrogens (tertiary/aromatic N) is 3.